The van der Waals surface area contributed by atoms with Crippen molar-refractivity contribution in [2.24, 2.45) is 5.73 Å². The molecule has 3 heterocycles. The minimum atomic E-state index is -0.878. The summed E-state index contributed by atoms with van der Waals surface area (Å²) in [4.78, 5) is 41.9. The minimum absolute atomic E-state index is 0.0544. The molecule has 0 spiro atoms. The lowest BCUT2D eigenvalue weighted by Gasteiger charge is -2.21. The van der Waals surface area contributed by atoms with Crippen molar-refractivity contribution in [3.8, 4) is 17.5 Å². The number of amides is 1. The molecule has 3 aromatic heterocycles. The van der Waals surface area contributed by atoms with E-state index in [4.69, 9.17) is 23.1 Å². The number of carbonyl (C=O) groups is 1. The summed E-state index contributed by atoms with van der Waals surface area (Å²) in [5.41, 5.74) is 11.7. The number of nitrogen functional groups attached to an aromatic ring is 1. The molecule has 1 atom stereocenters. The number of hydrogen-bond acceptors (Lipinski definition) is 8. The van der Waals surface area contributed by atoms with Crippen LogP contribution < -0.4 is 22.3 Å². The number of nitrogens with one attached hydrogen (secondary N) is 1. The number of rotatable bonds is 5. The Labute approximate surface area is 236 Å². The lowest BCUT2D eigenvalue weighted by Crippen LogP contribution is -2.28. The predicted molar refractivity (Wildman–Crippen MR) is 149 cm³/mol. The molecule has 13 heteroatoms. The summed E-state index contributed by atoms with van der Waals surface area (Å²) >= 11 is 6.30. The molecule has 0 aliphatic heterocycles. The quantitative estimate of drug-likeness (QED) is 0.269. The molecule has 0 bridgehead atoms. The molecule has 10 nitrogen and oxygen atoms in total. The van der Waals surface area contributed by atoms with Gasteiger partial charge in [-0.2, -0.15) is 0 Å². The van der Waals surface area contributed by atoms with Crippen molar-refractivity contribution in [2.45, 2.75) is 13.0 Å². The van der Waals surface area contributed by atoms with Crippen LogP contribution in [0.2, 0.25) is 5.02 Å². The fourth-order valence-electron chi connectivity index (χ4n) is 4.06. The van der Waals surface area contributed by atoms with E-state index in [1.807, 2.05) is 0 Å². The Morgan fingerprint density at radius 3 is 2.51 bits per heavy atom. The van der Waals surface area contributed by atoms with Crippen LogP contribution in [0.3, 0.4) is 0 Å². The third-order valence-electron chi connectivity index (χ3n) is 5.96. The number of nitrogens with two attached hydrogens (primary N) is 2. The van der Waals surface area contributed by atoms with E-state index in [0.717, 1.165) is 16.7 Å². The highest BCUT2D eigenvalue weighted by Gasteiger charge is 2.22. The van der Waals surface area contributed by atoms with Gasteiger partial charge in [0.25, 0.3) is 5.56 Å². The molecule has 0 saturated carbocycles. The fourth-order valence-corrected chi connectivity index (χ4v) is 4.31. The van der Waals surface area contributed by atoms with Crippen LogP contribution in [0.5, 0.6) is 0 Å². The van der Waals surface area contributed by atoms with E-state index in [-0.39, 0.29) is 50.2 Å². The summed E-state index contributed by atoms with van der Waals surface area (Å²) in [5, 5.41) is 3.34. The van der Waals surface area contributed by atoms with E-state index in [0.29, 0.717) is 11.8 Å². The Kier molecular flexibility index (Phi) is 7.28. The fraction of sp³-hybridized carbons (Fsp3) is 0.0714. The Morgan fingerprint density at radius 2 is 1.83 bits per heavy atom. The molecule has 0 aliphatic rings. The third kappa shape index (κ3) is 5.52. The first kappa shape index (κ1) is 27.2. The van der Waals surface area contributed by atoms with Gasteiger partial charge in [0.05, 0.1) is 33.2 Å². The lowest BCUT2D eigenvalue weighted by molar-refractivity contribution is 0.1000. The molecule has 2 aromatic carbocycles. The normalized spacial score (nSPS) is 11.5. The number of carbonyl (C=O) groups excluding carboxylic acids is 1. The molecule has 1 amide bonds. The van der Waals surface area contributed by atoms with Crippen LogP contribution in [-0.2, 0) is 0 Å². The number of hydrogen-bond donors (Lipinski definition) is 3. The molecule has 5 rings (SSSR count). The second kappa shape index (κ2) is 11.0. The maximum Gasteiger partial charge on any atom is 0.267 e. The summed E-state index contributed by atoms with van der Waals surface area (Å²) in [6, 6.07) is 9.71. The van der Waals surface area contributed by atoms with Gasteiger partial charge in [0, 0.05) is 12.3 Å². The van der Waals surface area contributed by atoms with Gasteiger partial charge < -0.3 is 16.8 Å². The zero-order valence-corrected chi connectivity index (χ0v) is 21.9. The number of anilines is 2. The molecule has 5 N–H and O–H groups in total. The van der Waals surface area contributed by atoms with Crippen LogP contribution in [0.1, 0.15) is 40.4 Å². The smallest absolute Gasteiger partial charge is 0.267 e. The van der Waals surface area contributed by atoms with Crippen LogP contribution in [-0.4, -0.2) is 30.4 Å². The summed E-state index contributed by atoms with van der Waals surface area (Å²) < 4.78 is 29.5. The Bertz CT molecular complexity index is 1930. The topological polar surface area (TPSA) is 155 Å². The van der Waals surface area contributed by atoms with Crippen LogP contribution in [0.4, 0.5) is 20.4 Å². The number of primary amides is 1. The van der Waals surface area contributed by atoms with Crippen molar-refractivity contribution in [3.05, 3.63) is 111 Å². The number of halogens is 3. The maximum atomic E-state index is 14.2. The average molecular weight is 573 g/mol. The number of benzene rings is 2. The number of fused-ring (bicyclic) bond motifs is 1. The first-order valence-corrected chi connectivity index (χ1v) is 12.3. The highest BCUT2D eigenvalue weighted by Crippen LogP contribution is 2.26. The van der Waals surface area contributed by atoms with Gasteiger partial charge in [0.1, 0.15) is 46.7 Å². The van der Waals surface area contributed by atoms with Crippen LogP contribution >= 0.6 is 11.6 Å². The second-order valence-corrected chi connectivity index (χ2v) is 9.17. The van der Waals surface area contributed by atoms with E-state index >= 15 is 0 Å². The summed E-state index contributed by atoms with van der Waals surface area (Å²) in [7, 11) is 0. The molecule has 41 heavy (non-hydrogen) atoms. The van der Waals surface area contributed by atoms with Crippen molar-refractivity contribution in [1.82, 2.24) is 24.5 Å². The van der Waals surface area contributed by atoms with E-state index in [1.54, 1.807) is 19.1 Å². The van der Waals surface area contributed by atoms with Gasteiger partial charge in [0.2, 0.25) is 5.91 Å². The van der Waals surface area contributed by atoms with Crippen molar-refractivity contribution >= 4 is 40.0 Å². The molecule has 1 unspecified atom stereocenters. The zero-order valence-electron chi connectivity index (χ0n) is 21.2. The largest absolute Gasteiger partial charge is 0.382 e. The van der Waals surface area contributed by atoms with Crippen LogP contribution in [0.25, 0.3) is 16.6 Å². The summed E-state index contributed by atoms with van der Waals surface area (Å²) in [6.45, 7) is 1.67. The molecular formula is C28H19ClF2N8O2. The van der Waals surface area contributed by atoms with Crippen LogP contribution in [0, 0.1) is 23.5 Å². The monoisotopic (exact) mass is 572 g/mol. The lowest BCUT2D eigenvalue weighted by atomic mass is 10.2. The Morgan fingerprint density at radius 1 is 1.07 bits per heavy atom. The van der Waals surface area contributed by atoms with Gasteiger partial charge in [-0.15, -0.1) is 0 Å². The zero-order chi connectivity index (χ0) is 29.3. The van der Waals surface area contributed by atoms with Gasteiger partial charge in [-0.3, -0.25) is 14.2 Å². The number of pyridine rings is 1. The van der Waals surface area contributed by atoms with Crippen molar-refractivity contribution in [2.75, 3.05) is 11.1 Å². The molecule has 0 radical (unpaired) electrons. The van der Waals surface area contributed by atoms with E-state index < -0.39 is 29.1 Å². The molecule has 0 aliphatic carbocycles. The molecule has 5 aromatic rings. The van der Waals surface area contributed by atoms with Gasteiger partial charge in [-0.05, 0) is 49.2 Å². The van der Waals surface area contributed by atoms with E-state index in [9.17, 15) is 18.4 Å². The summed E-state index contributed by atoms with van der Waals surface area (Å²) in [6.07, 6.45) is 2.52. The Balaban J connectivity index is 1.60. The van der Waals surface area contributed by atoms with E-state index in [2.05, 4.69) is 37.1 Å². The number of nitrogens with zero attached hydrogens (tertiary/aromatic N) is 5. The molecule has 0 fully saturated rings. The molecule has 0 saturated heterocycles. The second-order valence-electron chi connectivity index (χ2n) is 8.77. The predicted octanol–water partition coefficient (Wildman–Crippen LogP) is 3.76. The van der Waals surface area contributed by atoms with Gasteiger partial charge in [-0.25, -0.2) is 28.7 Å². The SMILES string of the molecule is CC(Nc1ncnc(N)c1C#Cc1ccc(C(N)=O)cn1)c1nc2cccc(Cl)c2c(=O)n1-c1cc(F)cc(F)c1. The Hall–Kier alpha value is -5.41. The van der Waals surface area contributed by atoms with Gasteiger partial charge in [-0.1, -0.05) is 23.6 Å². The highest BCUT2D eigenvalue weighted by molar-refractivity contribution is 6.35. The van der Waals surface area contributed by atoms with Crippen molar-refractivity contribution < 1.29 is 13.6 Å². The summed E-state index contributed by atoms with van der Waals surface area (Å²) in [5.74, 6) is 3.67. The van der Waals surface area contributed by atoms with Gasteiger partial charge >= 0.3 is 0 Å². The first-order valence-electron chi connectivity index (χ1n) is 11.9. The maximum absolute atomic E-state index is 14.2. The molecule has 204 valence electrons. The van der Waals surface area contributed by atoms with Crippen LogP contribution in [0.15, 0.2) is 65.8 Å². The third-order valence-corrected chi connectivity index (χ3v) is 6.27. The number of aromatic nitrogens is 5. The average Bonchev–Trinajstić information content (AvgIpc) is 2.92. The molecular weight excluding hydrogens is 554 g/mol. The van der Waals surface area contributed by atoms with Crippen molar-refractivity contribution in [3.63, 3.8) is 0 Å². The highest BCUT2D eigenvalue weighted by atomic mass is 35.5. The standard InChI is InChI=1S/C28H19ClF2N8O2/c1-14(37-26-20(24(32)35-13-36-26)8-7-18-6-5-15(12-34-18)25(33)40)27-38-22-4-2-3-21(29)23(22)28(41)39(27)19-10-16(30)9-17(31)11-19/h2-6,9-14H,1H3,(H2,33,40)(H3,32,35,36,37). The van der Waals surface area contributed by atoms with Crippen molar-refractivity contribution in [1.29, 1.82) is 0 Å². The minimum Gasteiger partial charge on any atom is -0.382 e. The van der Waals surface area contributed by atoms with Gasteiger partial charge in [0.15, 0.2) is 0 Å². The van der Waals surface area contributed by atoms with E-state index in [1.165, 1.54) is 30.7 Å². The first-order chi connectivity index (χ1) is 19.6.